The van der Waals surface area contributed by atoms with E-state index in [-0.39, 0.29) is 5.60 Å². The number of carbonyl (C=O) groups is 1. The van der Waals surface area contributed by atoms with Gasteiger partial charge >= 0.3 is 0 Å². The third-order valence-electron chi connectivity index (χ3n) is 3.83. The van der Waals surface area contributed by atoms with E-state index in [9.17, 15) is 4.79 Å². The van der Waals surface area contributed by atoms with Crippen LogP contribution in [0.3, 0.4) is 0 Å². The van der Waals surface area contributed by atoms with Crippen molar-refractivity contribution in [3.05, 3.63) is 11.3 Å². The molecule has 2 heteroatoms. The predicted octanol–water partition coefficient (Wildman–Crippen LogP) is 2.73. The summed E-state index contributed by atoms with van der Waals surface area (Å²) >= 11 is 0. The molecule has 2 nitrogen and oxygen atoms in total. The summed E-state index contributed by atoms with van der Waals surface area (Å²) in [5.41, 5.74) is 0.660. The van der Waals surface area contributed by atoms with Crippen molar-refractivity contribution in [3.8, 4) is 0 Å². The molecule has 1 fully saturated rings. The van der Waals surface area contributed by atoms with Crippen LogP contribution in [0.25, 0.3) is 0 Å². The molecule has 0 amide bonds. The van der Waals surface area contributed by atoms with Gasteiger partial charge in [0.15, 0.2) is 5.60 Å². The molecule has 14 heavy (non-hydrogen) atoms. The number of hydrogen-bond donors (Lipinski definition) is 0. The number of ketones is 1. The zero-order chi connectivity index (χ0) is 9.60. The van der Waals surface area contributed by atoms with Gasteiger partial charge in [-0.15, -0.1) is 0 Å². The highest BCUT2D eigenvalue weighted by Gasteiger charge is 2.50. The molecule has 3 aliphatic rings. The minimum atomic E-state index is -0.380. The molecule has 0 unspecified atom stereocenters. The normalized spacial score (nSPS) is 29.6. The van der Waals surface area contributed by atoms with Crippen molar-refractivity contribution in [3.63, 3.8) is 0 Å². The van der Waals surface area contributed by atoms with E-state index in [1.54, 1.807) is 0 Å². The Balaban J connectivity index is 1.93. The summed E-state index contributed by atoms with van der Waals surface area (Å²) < 4.78 is 5.96. The molecule has 0 atom stereocenters. The molecule has 0 saturated heterocycles. The lowest BCUT2D eigenvalue weighted by atomic mass is 9.88. The molecule has 76 valence electrons. The molecule has 0 bridgehead atoms. The molecule has 0 aromatic heterocycles. The zero-order valence-electron chi connectivity index (χ0n) is 8.47. The van der Waals surface area contributed by atoms with Crippen molar-refractivity contribution in [2.45, 2.75) is 57.0 Å². The van der Waals surface area contributed by atoms with Crippen molar-refractivity contribution >= 4 is 5.78 Å². The molecule has 1 spiro atoms. The molecular weight excluding hydrogens is 176 g/mol. The molecule has 0 radical (unpaired) electrons. The lowest BCUT2D eigenvalue weighted by Gasteiger charge is -2.22. The van der Waals surface area contributed by atoms with Gasteiger partial charge in [-0.25, -0.2) is 0 Å². The average Bonchev–Trinajstić information content (AvgIpc) is 2.77. The summed E-state index contributed by atoms with van der Waals surface area (Å²) in [6, 6.07) is 0. The van der Waals surface area contributed by atoms with Crippen molar-refractivity contribution < 1.29 is 9.53 Å². The fraction of sp³-hybridized carbons (Fsp3) is 0.750. The Labute approximate surface area is 84.3 Å². The predicted molar refractivity (Wildman–Crippen MR) is 52.8 cm³/mol. The highest BCUT2D eigenvalue weighted by Crippen LogP contribution is 2.46. The number of hydrogen-bond acceptors (Lipinski definition) is 2. The van der Waals surface area contributed by atoms with E-state index in [1.165, 1.54) is 12.8 Å². The van der Waals surface area contributed by atoms with Gasteiger partial charge in [0.25, 0.3) is 0 Å². The first kappa shape index (κ1) is 8.51. The second-order valence-corrected chi connectivity index (χ2v) is 4.74. The third-order valence-corrected chi connectivity index (χ3v) is 3.83. The summed E-state index contributed by atoms with van der Waals surface area (Å²) in [6.45, 7) is 0. The quantitative estimate of drug-likeness (QED) is 0.590. The van der Waals surface area contributed by atoms with E-state index in [0.717, 1.165) is 49.9 Å². The molecule has 1 saturated carbocycles. The van der Waals surface area contributed by atoms with Crippen LogP contribution in [-0.2, 0) is 9.53 Å². The summed E-state index contributed by atoms with van der Waals surface area (Å²) in [5.74, 6) is 1.38. The number of allylic oxidation sites excluding steroid dienone is 1. The van der Waals surface area contributed by atoms with Crippen LogP contribution < -0.4 is 0 Å². The van der Waals surface area contributed by atoms with Crippen molar-refractivity contribution in [1.82, 2.24) is 0 Å². The van der Waals surface area contributed by atoms with Gasteiger partial charge < -0.3 is 4.74 Å². The van der Waals surface area contributed by atoms with Crippen molar-refractivity contribution in [1.29, 1.82) is 0 Å². The largest absolute Gasteiger partial charge is 0.483 e. The lowest BCUT2D eigenvalue weighted by Crippen LogP contribution is -2.33. The Bertz CT molecular complexity index is 308. The zero-order valence-corrected chi connectivity index (χ0v) is 8.47. The molecule has 1 aliphatic heterocycles. The highest BCUT2D eigenvalue weighted by molar-refractivity contribution is 6.04. The van der Waals surface area contributed by atoms with Gasteiger partial charge in [-0.2, -0.15) is 0 Å². The molecular formula is C12H16O2. The van der Waals surface area contributed by atoms with Crippen LogP contribution in [0.5, 0.6) is 0 Å². The van der Waals surface area contributed by atoms with Gasteiger partial charge in [0.1, 0.15) is 5.76 Å². The first-order chi connectivity index (χ1) is 6.82. The molecule has 0 N–H and O–H groups in total. The molecule has 0 aromatic carbocycles. The van der Waals surface area contributed by atoms with Gasteiger partial charge in [0.2, 0.25) is 5.78 Å². The Hall–Kier alpha value is -0.790. The SMILES string of the molecule is O=C1C2=C(CCCC2)OC12CCCC2. The summed E-state index contributed by atoms with van der Waals surface area (Å²) in [7, 11) is 0. The number of Topliss-reactive ketones (excluding diaryl/α,β-unsaturated/α-hetero) is 1. The van der Waals surface area contributed by atoms with E-state index in [2.05, 4.69) is 0 Å². The van der Waals surface area contributed by atoms with E-state index in [0.29, 0.717) is 5.78 Å². The summed E-state index contributed by atoms with van der Waals surface area (Å²) in [6.07, 6.45) is 8.57. The molecule has 1 heterocycles. The number of carbonyl (C=O) groups excluding carboxylic acids is 1. The van der Waals surface area contributed by atoms with Gasteiger partial charge in [-0.3, -0.25) is 4.79 Å². The van der Waals surface area contributed by atoms with Gasteiger partial charge in [0.05, 0.1) is 0 Å². The Morgan fingerprint density at radius 1 is 1.00 bits per heavy atom. The number of rotatable bonds is 0. The highest BCUT2D eigenvalue weighted by atomic mass is 16.5. The van der Waals surface area contributed by atoms with Crippen LogP contribution in [0, 0.1) is 0 Å². The second kappa shape index (κ2) is 2.85. The van der Waals surface area contributed by atoms with E-state index < -0.39 is 0 Å². The maximum atomic E-state index is 12.2. The van der Waals surface area contributed by atoms with Crippen LogP contribution in [0.2, 0.25) is 0 Å². The number of ether oxygens (including phenoxy) is 1. The standard InChI is InChI=1S/C12H16O2/c13-11-9-5-1-2-6-10(9)14-12(11)7-3-4-8-12/h1-8H2. The molecule has 3 rings (SSSR count). The van der Waals surface area contributed by atoms with E-state index in [1.807, 2.05) is 0 Å². The van der Waals surface area contributed by atoms with Crippen LogP contribution in [0.1, 0.15) is 51.4 Å². The van der Waals surface area contributed by atoms with Crippen molar-refractivity contribution in [2.24, 2.45) is 0 Å². The fourth-order valence-corrected chi connectivity index (χ4v) is 3.06. The Morgan fingerprint density at radius 2 is 1.71 bits per heavy atom. The van der Waals surface area contributed by atoms with Crippen LogP contribution >= 0.6 is 0 Å². The molecule has 0 aromatic rings. The first-order valence-corrected chi connectivity index (χ1v) is 5.78. The lowest BCUT2D eigenvalue weighted by molar-refractivity contribution is -0.130. The van der Waals surface area contributed by atoms with Gasteiger partial charge in [-0.1, -0.05) is 0 Å². The van der Waals surface area contributed by atoms with Gasteiger partial charge in [0, 0.05) is 12.0 Å². The fourth-order valence-electron chi connectivity index (χ4n) is 3.06. The summed E-state index contributed by atoms with van der Waals surface area (Å²) in [5, 5.41) is 0. The molecule has 2 aliphatic carbocycles. The van der Waals surface area contributed by atoms with Crippen LogP contribution in [0.15, 0.2) is 11.3 Å². The second-order valence-electron chi connectivity index (χ2n) is 4.74. The monoisotopic (exact) mass is 192 g/mol. The maximum Gasteiger partial charge on any atom is 0.205 e. The van der Waals surface area contributed by atoms with E-state index >= 15 is 0 Å². The third kappa shape index (κ3) is 0.999. The Morgan fingerprint density at radius 3 is 2.43 bits per heavy atom. The van der Waals surface area contributed by atoms with E-state index in [4.69, 9.17) is 4.74 Å². The maximum absolute atomic E-state index is 12.2. The van der Waals surface area contributed by atoms with Crippen LogP contribution in [-0.4, -0.2) is 11.4 Å². The minimum absolute atomic E-state index is 0.338. The van der Waals surface area contributed by atoms with Gasteiger partial charge in [-0.05, 0) is 44.9 Å². The topological polar surface area (TPSA) is 26.3 Å². The first-order valence-electron chi connectivity index (χ1n) is 5.78. The average molecular weight is 192 g/mol. The van der Waals surface area contributed by atoms with Crippen molar-refractivity contribution in [2.75, 3.05) is 0 Å². The smallest absolute Gasteiger partial charge is 0.205 e. The Kier molecular flexibility index (Phi) is 1.73. The van der Waals surface area contributed by atoms with Crippen LogP contribution in [0.4, 0.5) is 0 Å². The minimum Gasteiger partial charge on any atom is -0.483 e. The summed E-state index contributed by atoms with van der Waals surface area (Å²) in [4.78, 5) is 12.2.